The normalized spacial score (nSPS) is 20.3. The maximum absolute atomic E-state index is 12.4. The maximum Gasteiger partial charge on any atom is 0.239 e. The van der Waals surface area contributed by atoms with Crippen LogP contribution in [0.25, 0.3) is 0 Å². The van der Waals surface area contributed by atoms with E-state index in [1.165, 1.54) is 0 Å². The van der Waals surface area contributed by atoms with Gasteiger partial charge in [0.05, 0.1) is 12.1 Å². The molecule has 5 nitrogen and oxygen atoms in total. The van der Waals surface area contributed by atoms with E-state index in [0.29, 0.717) is 19.6 Å². The number of phenolic OH excluding ortho intramolecular Hbond substituents is 1. The van der Waals surface area contributed by atoms with Gasteiger partial charge in [0.2, 0.25) is 5.91 Å². The molecule has 0 aliphatic carbocycles. The van der Waals surface area contributed by atoms with Crippen LogP contribution >= 0.6 is 0 Å². The number of ether oxygens (including phenoxy) is 1. The van der Waals surface area contributed by atoms with Crippen LogP contribution in [-0.2, 0) is 16.0 Å². The molecular weight excluding hydrogens is 268 g/mol. The van der Waals surface area contributed by atoms with Gasteiger partial charge >= 0.3 is 0 Å². The molecule has 3 N–H and O–H groups in total. The lowest BCUT2D eigenvalue weighted by Gasteiger charge is -2.34. The second kappa shape index (κ2) is 7.43. The van der Waals surface area contributed by atoms with Crippen molar-refractivity contribution in [3.63, 3.8) is 0 Å². The number of aromatic hydroxyl groups is 1. The fourth-order valence-corrected chi connectivity index (χ4v) is 2.72. The van der Waals surface area contributed by atoms with Crippen molar-refractivity contribution < 1.29 is 14.6 Å². The van der Waals surface area contributed by atoms with Gasteiger partial charge in [-0.1, -0.05) is 12.1 Å². The zero-order chi connectivity index (χ0) is 15.2. The third-order valence-electron chi connectivity index (χ3n) is 3.80. The van der Waals surface area contributed by atoms with Gasteiger partial charge in [-0.3, -0.25) is 4.79 Å². The summed E-state index contributed by atoms with van der Waals surface area (Å²) in [5.41, 5.74) is 6.99. The van der Waals surface area contributed by atoms with E-state index in [1.54, 1.807) is 24.3 Å². The summed E-state index contributed by atoms with van der Waals surface area (Å²) in [7, 11) is 0. The number of benzene rings is 1. The van der Waals surface area contributed by atoms with E-state index >= 15 is 0 Å². The van der Waals surface area contributed by atoms with Gasteiger partial charge in [0.1, 0.15) is 5.75 Å². The van der Waals surface area contributed by atoms with Crippen molar-refractivity contribution in [2.24, 2.45) is 5.73 Å². The number of piperidine rings is 1. The number of carbonyl (C=O) groups is 1. The summed E-state index contributed by atoms with van der Waals surface area (Å²) in [5.74, 6) is 0.196. The lowest BCUT2D eigenvalue weighted by atomic mass is 10.0. The summed E-state index contributed by atoms with van der Waals surface area (Å²) in [6, 6.07) is 6.26. The summed E-state index contributed by atoms with van der Waals surface area (Å²) >= 11 is 0. The first kappa shape index (κ1) is 15.8. The Morgan fingerprint density at radius 3 is 2.86 bits per heavy atom. The van der Waals surface area contributed by atoms with Gasteiger partial charge in [0, 0.05) is 19.7 Å². The van der Waals surface area contributed by atoms with E-state index in [2.05, 4.69) is 0 Å². The largest absolute Gasteiger partial charge is 0.508 e. The molecule has 0 radical (unpaired) electrons. The van der Waals surface area contributed by atoms with Crippen molar-refractivity contribution in [1.82, 2.24) is 4.90 Å². The van der Waals surface area contributed by atoms with Crippen LogP contribution in [0.4, 0.5) is 0 Å². The fraction of sp³-hybridized carbons (Fsp3) is 0.562. The summed E-state index contributed by atoms with van der Waals surface area (Å²) in [4.78, 5) is 14.2. The number of amides is 1. The van der Waals surface area contributed by atoms with Crippen molar-refractivity contribution in [1.29, 1.82) is 0 Å². The van der Waals surface area contributed by atoms with E-state index in [4.69, 9.17) is 10.5 Å². The number of rotatable bonds is 5. The monoisotopic (exact) mass is 292 g/mol. The van der Waals surface area contributed by atoms with Gasteiger partial charge in [-0.05, 0) is 43.9 Å². The summed E-state index contributed by atoms with van der Waals surface area (Å²) in [5, 5.41) is 9.26. The molecule has 1 aromatic carbocycles. The minimum Gasteiger partial charge on any atom is -0.508 e. The minimum absolute atomic E-state index is 0.0209. The Bertz CT molecular complexity index is 459. The molecule has 116 valence electrons. The van der Waals surface area contributed by atoms with E-state index in [-0.39, 0.29) is 17.8 Å². The molecular formula is C16H24N2O3. The molecule has 0 aromatic heterocycles. The molecule has 1 aromatic rings. The average Bonchev–Trinajstić information content (AvgIpc) is 2.49. The zero-order valence-electron chi connectivity index (χ0n) is 12.5. The molecule has 1 fully saturated rings. The van der Waals surface area contributed by atoms with Crippen LogP contribution in [0.5, 0.6) is 5.75 Å². The maximum atomic E-state index is 12.4. The van der Waals surface area contributed by atoms with Crippen LogP contribution in [0, 0.1) is 0 Å². The fourth-order valence-electron chi connectivity index (χ4n) is 2.72. The molecule has 1 saturated heterocycles. The van der Waals surface area contributed by atoms with Crippen molar-refractivity contribution in [3.8, 4) is 5.75 Å². The van der Waals surface area contributed by atoms with Gasteiger partial charge in [0.25, 0.3) is 0 Å². The van der Waals surface area contributed by atoms with Gasteiger partial charge < -0.3 is 20.5 Å². The molecule has 2 rings (SSSR count). The standard InChI is InChI=1S/C16H24N2O3/c1-2-21-14-4-3-9-18(11-14)16(20)15(17)10-12-5-7-13(19)8-6-12/h5-8,14-15,19H,2-4,9-11,17H2,1H3. The number of nitrogens with two attached hydrogens (primary N) is 1. The van der Waals surface area contributed by atoms with Crippen LogP contribution < -0.4 is 5.73 Å². The summed E-state index contributed by atoms with van der Waals surface area (Å²) < 4.78 is 5.61. The molecule has 0 spiro atoms. The van der Waals surface area contributed by atoms with Gasteiger partial charge in [0.15, 0.2) is 0 Å². The average molecular weight is 292 g/mol. The Morgan fingerprint density at radius 1 is 1.48 bits per heavy atom. The molecule has 1 aliphatic heterocycles. The third-order valence-corrected chi connectivity index (χ3v) is 3.80. The number of phenols is 1. The second-order valence-electron chi connectivity index (χ2n) is 5.48. The third kappa shape index (κ3) is 4.44. The Balaban J connectivity index is 1.90. The van der Waals surface area contributed by atoms with Crippen molar-refractivity contribution in [2.75, 3.05) is 19.7 Å². The van der Waals surface area contributed by atoms with Crippen LogP contribution in [0.3, 0.4) is 0 Å². The minimum atomic E-state index is -0.546. The number of hydrogen-bond donors (Lipinski definition) is 2. The molecule has 0 saturated carbocycles. The number of carbonyl (C=O) groups excluding carboxylic acids is 1. The SMILES string of the molecule is CCOC1CCCN(C(=O)C(N)Cc2ccc(O)cc2)C1. The predicted molar refractivity (Wildman–Crippen MR) is 81.0 cm³/mol. The molecule has 1 heterocycles. The lowest BCUT2D eigenvalue weighted by molar-refractivity contribution is -0.136. The highest BCUT2D eigenvalue weighted by Gasteiger charge is 2.27. The van der Waals surface area contributed by atoms with Crippen molar-refractivity contribution in [3.05, 3.63) is 29.8 Å². The van der Waals surface area contributed by atoms with Crippen LogP contribution in [0.2, 0.25) is 0 Å². The Morgan fingerprint density at radius 2 is 2.19 bits per heavy atom. The first-order valence-electron chi connectivity index (χ1n) is 7.54. The Hall–Kier alpha value is -1.59. The lowest BCUT2D eigenvalue weighted by Crippen LogP contribution is -2.50. The number of nitrogens with zero attached hydrogens (tertiary/aromatic N) is 1. The highest BCUT2D eigenvalue weighted by molar-refractivity contribution is 5.82. The van der Waals surface area contributed by atoms with Crippen LogP contribution in [0.1, 0.15) is 25.3 Å². The first-order chi connectivity index (χ1) is 10.1. The van der Waals surface area contributed by atoms with E-state index < -0.39 is 6.04 Å². The topological polar surface area (TPSA) is 75.8 Å². The zero-order valence-corrected chi connectivity index (χ0v) is 12.5. The molecule has 21 heavy (non-hydrogen) atoms. The highest BCUT2D eigenvalue weighted by atomic mass is 16.5. The quantitative estimate of drug-likeness (QED) is 0.857. The van der Waals surface area contributed by atoms with E-state index in [0.717, 1.165) is 24.9 Å². The molecule has 1 aliphatic rings. The second-order valence-corrected chi connectivity index (χ2v) is 5.48. The first-order valence-corrected chi connectivity index (χ1v) is 7.54. The van der Waals surface area contributed by atoms with E-state index in [9.17, 15) is 9.90 Å². The molecule has 0 bridgehead atoms. The number of hydrogen-bond acceptors (Lipinski definition) is 4. The van der Waals surface area contributed by atoms with Crippen LogP contribution in [0.15, 0.2) is 24.3 Å². The van der Waals surface area contributed by atoms with Crippen LogP contribution in [-0.4, -0.2) is 47.8 Å². The Kier molecular flexibility index (Phi) is 5.59. The van der Waals surface area contributed by atoms with Crippen molar-refractivity contribution >= 4 is 5.91 Å². The molecule has 5 heteroatoms. The molecule has 2 atom stereocenters. The predicted octanol–water partition coefficient (Wildman–Crippen LogP) is 1.29. The highest BCUT2D eigenvalue weighted by Crippen LogP contribution is 2.16. The molecule has 2 unspecified atom stereocenters. The van der Waals surface area contributed by atoms with Crippen molar-refractivity contribution in [2.45, 2.75) is 38.3 Å². The van der Waals surface area contributed by atoms with Gasteiger partial charge in [-0.2, -0.15) is 0 Å². The molecule has 1 amide bonds. The van der Waals surface area contributed by atoms with Gasteiger partial charge in [-0.15, -0.1) is 0 Å². The summed E-state index contributed by atoms with van der Waals surface area (Å²) in [6.07, 6.45) is 2.58. The van der Waals surface area contributed by atoms with E-state index in [1.807, 2.05) is 11.8 Å². The van der Waals surface area contributed by atoms with Gasteiger partial charge in [-0.25, -0.2) is 0 Å². The summed E-state index contributed by atoms with van der Waals surface area (Å²) in [6.45, 7) is 4.03. The number of likely N-dealkylation sites (tertiary alicyclic amines) is 1. The Labute approximate surface area is 125 Å². The smallest absolute Gasteiger partial charge is 0.239 e.